The summed E-state index contributed by atoms with van der Waals surface area (Å²) in [7, 11) is 3.71. The number of methoxy groups -OCH3 is 1. The van der Waals surface area contributed by atoms with Gasteiger partial charge < -0.3 is 30.9 Å². The highest BCUT2D eigenvalue weighted by Gasteiger charge is 2.19. The lowest BCUT2D eigenvalue weighted by atomic mass is 10.2. The molecule has 0 aliphatic carbocycles. The average molecular weight is 451 g/mol. The van der Waals surface area contributed by atoms with Crippen molar-refractivity contribution < 1.29 is 9.66 Å². The molecule has 0 radical (unpaired) electrons. The minimum absolute atomic E-state index is 0.0520. The van der Waals surface area contributed by atoms with Crippen molar-refractivity contribution in [2.75, 3.05) is 61.6 Å². The number of rotatable bonds is 7. The van der Waals surface area contributed by atoms with E-state index in [-0.39, 0.29) is 17.5 Å². The number of nitro groups is 1. The number of nitrogen functional groups attached to an aromatic ring is 1. The van der Waals surface area contributed by atoms with Crippen molar-refractivity contribution in [3.05, 3.63) is 58.8 Å². The monoisotopic (exact) mass is 450 g/mol. The predicted octanol–water partition coefficient (Wildman–Crippen LogP) is 3.21. The Morgan fingerprint density at radius 1 is 1.12 bits per heavy atom. The molecule has 11 nitrogen and oxygen atoms in total. The first-order valence-electron chi connectivity index (χ1n) is 10.5. The van der Waals surface area contributed by atoms with Gasteiger partial charge in [0.15, 0.2) is 0 Å². The molecule has 0 unspecified atom stereocenters. The number of nitrogens with one attached hydrogen (secondary N) is 2. The average Bonchev–Trinajstić information content (AvgIpc) is 2.80. The zero-order valence-corrected chi connectivity index (χ0v) is 18.5. The van der Waals surface area contributed by atoms with Crippen molar-refractivity contribution in [1.29, 1.82) is 0 Å². The van der Waals surface area contributed by atoms with Crippen molar-refractivity contribution in [2.24, 2.45) is 0 Å². The van der Waals surface area contributed by atoms with Crippen LogP contribution in [0.3, 0.4) is 0 Å². The van der Waals surface area contributed by atoms with E-state index in [9.17, 15) is 10.1 Å². The largest absolute Gasteiger partial charge is 0.494 e. The van der Waals surface area contributed by atoms with Crippen LogP contribution in [-0.4, -0.2) is 60.1 Å². The van der Waals surface area contributed by atoms with Crippen LogP contribution in [0.1, 0.15) is 0 Å². The van der Waals surface area contributed by atoms with E-state index in [1.165, 1.54) is 0 Å². The molecular formula is C22H26N8O3. The topological polar surface area (TPSA) is 135 Å². The summed E-state index contributed by atoms with van der Waals surface area (Å²) in [4.78, 5) is 24.0. The fourth-order valence-electron chi connectivity index (χ4n) is 3.58. The van der Waals surface area contributed by atoms with Gasteiger partial charge in [0.2, 0.25) is 11.8 Å². The molecule has 33 heavy (non-hydrogen) atoms. The molecule has 4 rings (SSSR count). The van der Waals surface area contributed by atoms with Gasteiger partial charge in [-0.25, -0.2) is 4.98 Å². The van der Waals surface area contributed by atoms with Crippen LogP contribution in [0.25, 0.3) is 0 Å². The summed E-state index contributed by atoms with van der Waals surface area (Å²) >= 11 is 0. The quantitative estimate of drug-likeness (QED) is 0.280. The smallest absolute Gasteiger partial charge is 0.329 e. The van der Waals surface area contributed by atoms with E-state index in [0.717, 1.165) is 38.1 Å². The highest BCUT2D eigenvalue weighted by atomic mass is 16.6. The van der Waals surface area contributed by atoms with Crippen LogP contribution in [0.15, 0.2) is 48.7 Å². The van der Waals surface area contributed by atoms with Gasteiger partial charge in [-0.3, -0.25) is 10.1 Å². The Morgan fingerprint density at radius 3 is 2.61 bits per heavy atom. The molecule has 11 heteroatoms. The number of nitrogens with zero attached hydrogens (tertiary/aromatic N) is 5. The zero-order chi connectivity index (χ0) is 23.4. The number of anilines is 6. The highest BCUT2D eigenvalue weighted by Crippen LogP contribution is 2.33. The second-order valence-electron chi connectivity index (χ2n) is 7.73. The van der Waals surface area contributed by atoms with Crippen LogP contribution in [0.4, 0.5) is 40.2 Å². The summed E-state index contributed by atoms with van der Waals surface area (Å²) in [6, 6.07) is 12.7. The third-order valence-corrected chi connectivity index (χ3v) is 5.42. The molecule has 0 atom stereocenters. The second-order valence-corrected chi connectivity index (χ2v) is 7.73. The van der Waals surface area contributed by atoms with Crippen LogP contribution < -0.4 is 26.0 Å². The lowest BCUT2D eigenvalue weighted by molar-refractivity contribution is -0.384. The summed E-state index contributed by atoms with van der Waals surface area (Å²) in [5, 5.41) is 17.5. The number of hydrogen-bond acceptors (Lipinski definition) is 10. The third kappa shape index (κ3) is 5.21. The Labute approximate surface area is 191 Å². The molecule has 4 N–H and O–H groups in total. The Hall–Kier alpha value is -4.12. The molecule has 0 bridgehead atoms. The number of hydrogen-bond donors (Lipinski definition) is 3. The molecule has 0 spiro atoms. The fraction of sp³-hybridized carbons (Fsp3) is 0.273. The predicted molar refractivity (Wildman–Crippen MR) is 129 cm³/mol. The van der Waals surface area contributed by atoms with E-state index in [1.54, 1.807) is 31.4 Å². The van der Waals surface area contributed by atoms with E-state index in [1.807, 2.05) is 18.2 Å². The lowest BCUT2D eigenvalue weighted by Gasteiger charge is -2.34. The summed E-state index contributed by atoms with van der Waals surface area (Å²) in [6.07, 6.45) is 1.16. The van der Waals surface area contributed by atoms with Gasteiger partial charge in [-0.2, -0.15) is 4.98 Å². The van der Waals surface area contributed by atoms with Crippen LogP contribution in [0.5, 0.6) is 5.75 Å². The maximum absolute atomic E-state index is 11.5. The summed E-state index contributed by atoms with van der Waals surface area (Å²) < 4.78 is 5.58. The van der Waals surface area contributed by atoms with Gasteiger partial charge in [-0.15, -0.1) is 0 Å². The molecule has 1 aliphatic heterocycles. The normalized spacial score (nSPS) is 14.1. The molecule has 2 aromatic carbocycles. The van der Waals surface area contributed by atoms with Gasteiger partial charge in [0.25, 0.3) is 0 Å². The number of piperazine rings is 1. The van der Waals surface area contributed by atoms with Crippen LogP contribution in [-0.2, 0) is 0 Å². The standard InChI is InChI=1S/C22H26N8O3/c1-28-8-10-29(11-9-28)17-6-7-18(20(13-17)33-2)26-22-24-14-19(30(31)32)21(27-22)25-16-5-3-4-15(23)12-16/h3-7,12-14H,8-11,23H2,1-2H3,(H2,24,25,26,27). The molecule has 1 fully saturated rings. The van der Waals surface area contributed by atoms with E-state index in [2.05, 4.69) is 37.4 Å². The molecule has 0 saturated carbocycles. The number of ether oxygens (including phenoxy) is 1. The Bertz CT molecular complexity index is 1150. The van der Waals surface area contributed by atoms with E-state index in [4.69, 9.17) is 10.5 Å². The number of aromatic nitrogens is 2. The number of nitrogens with two attached hydrogens (primary N) is 1. The summed E-state index contributed by atoms with van der Waals surface area (Å²) in [6.45, 7) is 3.89. The second kappa shape index (κ2) is 9.57. The zero-order valence-electron chi connectivity index (χ0n) is 18.5. The summed E-state index contributed by atoms with van der Waals surface area (Å²) in [5.74, 6) is 0.868. The van der Waals surface area contributed by atoms with Crippen LogP contribution >= 0.6 is 0 Å². The molecule has 2 heterocycles. The van der Waals surface area contributed by atoms with Crippen LogP contribution in [0.2, 0.25) is 0 Å². The first-order chi connectivity index (χ1) is 15.9. The first-order valence-corrected chi connectivity index (χ1v) is 10.5. The first kappa shape index (κ1) is 22.1. The van der Waals surface area contributed by atoms with Gasteiger partial charge in [-0.05, 0) is 37.4 Å². The minimum Gasteiger partial charge on any atom is -0.494 e. The maximum Gasteiger partial charge on any atom is 0.329 e. The van der Waals surface area contributed by atoms with Crippen LogP contribution in [0, 0.1) is 10.1 Å². The van der Waals surface area contributed by atoms with E-state index >= 15 is 0 Å². The Kier molecular flexibility index (Phi) is 6.41. The Morgan fingerprint density at radius 2 is 1.91 bits per heavy atom. The SMILES string of the molecule is COc1cc(N2CCN(C)CC2)ccc1Nc1ncc([N+](=O)[O-])c(Nc2cccc(N)c2)n1. The van der Waals surface area contributed by atoms with Gasteiger partial charge in [0.05, 0.1) is 17.7 Å². The van der Waals surface area contributed by atoms with E-state index in [0.29, 0.717) is 22.8 Å². The van der Waals surface area contributed by atoms with Gasteiger partial charge in [0, 0.05) is 49.3 Å². The summed E-state index contributed by atoms with van der Waals surface area (Å²) in [5.41, 5.74) is 8.39. The van der Waals surface area contributed by atoms with Crippen molar-refractivity contribution in [1.82, 2.24) is 14.9 Å². The number of likely N-dealkylation sites (N-methyl/N-ethyl adjacent to an activating group) is 1. The molecule has 1 saturated heterocycles. The molecule has 0 amide bonds. The van der Waals surface area contributed by atoms with Crippen molar-refractivity contribution in [3.8, 4) is 5.75 Å². The minimum atomic E-state index is -0.538. The van der Waals surface area contributed by atoms with Gasteiger partial charge >= 0.3 is 5.69 Å². The Balaban J connectivity index is 1.58. The van der Waals surface area contributed by atoms with Crippen molar-refractivity contribution in [2.45, 2.75) is 0 Å². The molecule has 1 aliphatic rings. The molecular weight excluding hydrogens is 424 g/mol. The molecule has 3 aromatic rings. The molecule has 172 valence electrons. The van der Waals surface area contributed by atoms with E-state index < -0.39 is 4.92 Å². The van der Waals surface area contributed by atoms with Crippen molar-refractivity contribution in [3.63, 3.8) is 0 Å². The third-order valence-electron chi connectivity index (χ3n) is 5.42. The highest BCUT2D eigenvalue weighted by molar-refractivity contribution is 5.71. The van der Waals surface area contributed by atoms with Gasteiger partial charge in [0.1, 0.15) is 11.9 Å². The maximum atomic E-state index is 11.5. The molecule has 1 aromatic heterocycles. The lowest BCUT2D eigenvalue weighted by Crippen LogP contribution is -2.44. The van der Waals surface area contributed by atoms with Crippen molar-refractivity contribution >= 4 is 40.2 Å². The fourth-order valence-corrected chi connectivity index (χ4v) is 3.58. The number of benzene rings is 2. The van der Waals surface area contributed by atoms with Gasteiger partial charge in [-0.1, -0.05) is 6.07 Å².